The highest BCUT2D eigenvalue weighted by Crippen LogP contribution is 2.24. The van der Waals surface area contributed by atoms with Gasteiger partial charge in [0, 0.05) is 16.5 Å². The molecule has 0 bridgehead atoms. The predicted molar refractivity (Wildman–Crippen MR) is 84.2 cm³/mol. The highest BCUT2D eigenvalue weighted by Gasteiger charge is 2.04. The van der Waals surface area contributed by atoms with Crippen LogP contribution in [0.4, 0.5) is 0 Å². The van der Waals surface area contributed by atoms with E-state index >= 15 is 0 Å². The third-order valence-electron chi connectivity index (χ3n) is 2.84. The van der Waals surface area contributed by atoms with E-state index in [9.17, 15) is 0 Å². The lowest BCUT2D eigenvalue weighted by molar-refractivity contribution is 0.413. The number of benzene rings is 2. The molecule has 0 aliphatic heterocycles. The molecule has 0 radical (unpaired) electrons. The smallest absolute Gasteiger partial charge is 0.136 e. The molecule has 0 N–H and O–H groups in total. The molecule has 0 aliphatic rings. The van der Waals surface area contributed by atoms with Crippen LogP contribution in [0.25, 0.3) is 0 Å². The molecule has 4 heteroatoms. The summed E-state index contributed by atoms with van der Waals surface area (Å²) in [6.07, 6.45) is 0. The fraction of sp³-hybridized carbons (Fsp3) is 0.188. The van der Waals surface area contributed by atoms with E-state index in [2.05, 4.69) is 6.07 Å². The lowest BCUT2D eigenvalue weighted by Crippen LogP contribution is -1.90. The number of rotatable bonds is 5. The van der Waals surface area contributed by atoms with Gasteiger partial charge >= 0.3 is 0 Å². The molecule has 0 unspecified atom stereocenters. The molecule has 0 spiro atoms. The molecule has 0 atom stereocenters. The molecule has 0 aromatic heterocycles. The van der Waals surface area contributed by atoms with Crippen molar-refractivity contribution < 1.29 is 4.74 Å². The maximum absolute atomic E-state index is 8.94. The maximum atomic E-state index is 8.94. The molecular weight excluding hydrogens is 290 g/mol. The lowest BCUT2D eigenvalue weighted by atomic mass is 10.1. The van der Waals surface area contributed by atoms with E-state index in [0.717, 1.165) is 22.1 Å². The molecule has 2 nitrogen and oxygen atoms in total. The minimum atomic E-state index is 0.568. The molecule has 20 heavy (non-hydrogen) atoms. The Balaban J connectivity index is 1.94. The molecule has 2 aromatic carbocycles. The zero-order chi connectivity index (χ0) is 14.4. The molecule has 0 saturated carbocycles. The number of hydrogen-bond acceptors (Lipinski definition) is 3. The average molecular weight is 304 g/mol. The first-order valence-electron chi connectivity index (χ1n) is 6.12. The van der Waals surface area contributed by atoms with Crippen molar-refractivity contribution in [3.8, 4) is 11.8 Å². The van der Waals surface area contributed by atoms with E-state index in [1.54, 1.807) is 13.2 Å². The minimum Gasteiger partial charge on any atom is -0.495 e. The molecule has 0 amide bonds. The fourth-order valence-electron chi connectivity index (χ4n) is 1.79. The highest BCUT2D eigenvalue weighted by atomic mass is 35.5. The Kier molecular flexibility index (Phi) is 5.34. The molecule has 0 aliphatic carbocycles. The second kappa shape index (κ2) is 7.23. The van der Waals surface area contributed by atoms with Crippen molar-refractivity contribution in [2.24, 2.45) is 0 Å². The zero-order valence-electron chi connectivity index (χ0n) is 11.1. The van der Waals surface area contributed by atoms with Gasteiger partial charge in [-0.25, -0.2) is 0 Å². The number of thioether (sulfide) groups is 1. The highest BCUT2D eigenvalue weighted by molar-refractivity contribution is 7.97. The molecule has 2 aromatic rings. The van der Waals surface area contributed by atoms with E-state index in [0.29, 0.717) is 11.3 Å². The van der Waals surface area contributed by atoms with Crippen LogP contribution in [-0.2, 0) is 11.5 Å². The summed E-state index contributed by atoms with van der Waals surface area (Å²) in [5, 5.41) is 9.70. The van der Waals surface area contributed by atoms with Crippen LogP contribution in [0.5, 0.6) is 5.75 Å². The van der Waals surface area contributed by atoms with Crippen molar-refractivity contribution in [3.63, 3.8) is 0 Å². The maximum Gasteiger partial charge on any atom is 0.136 e. The van der Waals surface area contributed by atoms with Crippen LogP contribution < -0.4 is 4.74 Å². The van der Waals surface area contributed by atoms with Gasteiger partial charge in [0.2, 0.25) is 0 Å². The van der Waals surface area contributed by atoms with Gasteiger partial charge in [0.25, 0.3) is 0 Å². The van der Waals surface area contributed by atoms with E-state index < -0.39 is 0 Å². The monoisotopic (exact) mass is 303 g/mol. The average Bonchev–Trinajstić information content (AvgIpc) is 2.49. The normalized spacial score (nSPS) is 10.1. The molecule has 2 rings (SSSR count). The van der Waals surface area contributed by atoms with Gasteiger partial charge in [0.15, 0.2) is 0 Å². The number of nitriles is 1. The van der Waals surface area contributed by atoms with Gasteiger partial charge in [0.1, 0.15) is 11.8 Å². The summed E-state index contributed by atoms with van der Waals surface area (Å²) in [7, 11) is 1.58. The number of methoxy groups -OCH3 is 1. The van der Waals surface area contributed by atoms with Crippen molar-refractivity contribution in [1.29, 1.82) is 5.26 Å². The molecule has 0 heterocycles. The second-order valence-electron chi connectivity index (χ2n) is 4.27. The Labute approximate surface area is 128 Å². The van der Waals surface area contributed by atoms with E-state index in [1.807, 2.05) is 48.2 Å². The van der Waals surface area contributed by atoms with Crippen LogP contribution in [0, 0.1) is 11.3 Å². The quantitative estimate of drug-likeness (QED) is 0.806. The SMILES string of the molecule is COc1cc(CSCc2ccc(Cl)cc2)ccc1C#N. The number of nitrogens with zero attached hydrogens (tertiary/aromatic N) is 1. The van der Waals surface area contributed by atoms with Crippen molar-refractivity contribution in [1.82, 2.24) is 0 Å². The summed E-state index contributed by atoms with van der Waals surface area (Å²) in [6.45, 7) is 0. The van der Waals surface area contributed by atoms with Gasteiger partial charge in [-0.1, -0.05) is 29.8 Å². The van der Waals surface area contributed by atoms with E-state index in [1.165, 1.54) is 5.56 Å². The number of ether oxygens (including phenoxy) is 1. The molecular formula is C16H14ClNOS. The van der Waals surface area contributed by atoms with Crippen LogP contribution in [0.1, 0.15) is 16.7 Å². The van der Waals surface area contributed by atoms with Crippen LogP contribution in [0.3, 0.4) is 0 Å². The first-order valence-corrected chi connectivity index (χ1v) is 7.65. The van der Waals surface area contributed by atoms with Gasteiger partial charge in [-0.05, 0) is 35.4 Å². The second-order valence-corrected chi connectivity index (χ2v) is 5.69. The Morgan fingerprint density at radius 1 is 1.10 bits per heavy atom. The largest absolute Gasteiger partial charge is 0.495 e. The van der Waals surface area contributed by atoms with Crippen LogP contribution in [0.2, 0.25) is 5.02 Å². The third kappa shape index (κ3) is 3.93. The minimum absolute atomic E-state index is 0.568. The van der Waals surface area contributed by atoms with Crippen LogP contribution >= 0.6 is 23.4 Å². The lowest BCUT2D eigenvalue weighted by Gasteiger charge is -2.06. The first-order chi connectivity index (χ1) is 9.72. The topological polar surface area (TPSA) is 33.0 Å². The Morgan fingerprint density at radius 2 is 1.75 bits per heavy atom. The summed E-state index contributed by atoms with van der Waals surface area (Å²) < 4.78 is 5.21. The van der Waals surface area contributed by atoms with Crippen LogP contribution in [-0.4, -0.2) is 7.11 Å². The summed E-state index contributed by atoms with van der Waals surface area (Å²) >= 11 is 7.67. The first kappa shape index (κ1) is 14.8. The van der Waals surface area contributed by atoms with Crippen molar-refractivity contribution >= 4 is 23.4 Å². The molecule has 102 valence electrons. The van der Waals surface area contributed by atoms with Gasteiger partial charge in [-0.2, -0.15) is 17.0 Å². The Morgan fingerprint density at radius 3 is 2.40 bits per heavy atom. The molecule has 0 saturated heterocycles. The van der Waals surface area contributed by atoms with E-state index in [-0.39, 0.29) is 0 Å². The summed E-state index contributed by atoms with van der Waals surface area (Å²) in [5.74, 6) is 2.45. The Hall–Kier alpha value is -1.63. The molecule has 0 fully saturated rings. The standard InChI is InChI=1S/C16H14ClNOS/c1-19-16-8-13(2-5-14(16)9-18)11-20-10-12-3-6-15(17)7-4-12/h2-8H,10-11H2,1H3. The predicted octanol–water partition coefficient (Wildman–Crippen LogP) is 4.65. The van der Waals surface area contributed by atoms with Crippen LogP contribution in [0.15, 0.2) is 42.5 Å². The van der Waals surface area contributed by atoms with Gasteiger partial charge in [-0.3, -0.25) is 0 Å². The summed E-state index contributed by atoms with van der Waals surface area (Å²) in [6, 6.07) is 15.7. The zero-order valence-corrected chi connectivity index (χ0v) is 12.7. The third-order valence-corrected chi connectivity index (χ3v) is 4.16. The van der Waals surface area contributed by atoms with Gasteiger partial charge < -0.3 is 4.74 Å². The van der Waals surface area contributed by atoms with Crippen molar-refractivity contribution in [3.05, 3.63) is 64.2 Å². The fourth-order valence-corrected chi connectivity index (χ4v) is 2.86. The Bertz CT molecular complexity index is 619. The van der Waals surface area contributed by atoms with E-state index in [4.69, 9.17) is 21.6 Å². The summed E-state index contributed by atoms with van der Waals surface area (Å²) in [4.78, 5) is 0. The van der Waals surface area contributed by atoms with Crippen molar-refractivity contribution in [2.45, 2.75) is 11.5 Å². The van der Waals surface area contributed by atoms with Gasteiger partial charge in [0.05, 0.1) is 12.7 Å². The number of hydrogen-bond donors (Lipinski definition) is 0. The van der Waals surface area contributed by atoms with Gasteiger partial charge in [-0.15, -0.1) is 0 Å². The summed E-state index contributed by atoms with van der Waals surface area (Å²) in [5.41, 5.74) is 2.97. The number of halogens is 1. The van der Waals surface area contributed by atoms with Crippen molar-refractivity contribution in [2.75, 3.05) is 7.11 Å².